The molecule has 5 saturated carbocycles. The van der Waals surface area contributed by atoms with Crippen molar-refractivity contribution >= 4 is 23.6 Å². The Hall–Kier alpha value is -1.68. The minimum atomic E-state index is -0.0925. The molecule has 26 heavy (non-hydrogen) atoms. The molecule has 5 aliphatic rings. The topological polar surface area (TPSA) is 55.8 Å². The van der Waals surface area contributed by atoms with Crippen LogP contribution >= 0.6 is 11.6 Å². The molecule has 5 fully saturated rings. The summed E-state index contributed by atoms with van der Waals surface area (Å²) in [7, 11) is 3.12. The minimum Gasteiger partial charge on any atom is -0.506 e. The highest BCUT2D eigenvalue weighted by Gasteiger charge is 2.67. The van der Waals surface area contributed by atoms with Gasteiger partial charge in [0.2, 0.25) is 0 Å². The minimum absolute atomic E-state index is 0.0925. The summed E-state index contributed by atoms with van der Waals surface area (Å²) in [5.41, 5.74) is 2.72. The molecule has 0 heterocycles. The second kappa shape index (κ2) is 5.41. The third kappa shape index (κ3) is 1.89. The van der Waals surface area contributed by atoms with Crippen LogP contribution in [0.2, 0.25) is 5.02 Å². The largest absolute Gasteiger partial charge is 0.506 e. The van der Waals surface area contributed by atoms with Crippen LogP contribution in [-0.2, 0) is 4.74 Å². The number of allylic oxidation sites excluding steroid dienone is 1. The summed E-state index contributed by atoms with van der Waals surface area (Å²) < 4.78 is 11.2. The van der Waals surface area contributed by atoms with Crippen molar-refractivity contribution in [3.63, 3.8) is 0 Å². The molecule has 0 amide bonds. The third-order valence-electron chi connectivity index (χ3n) is 7.61. The van der Waals surface area contributed by atoms with Gasteiger partial charge >= 0.3 is 0 Å². The number of aromatic hydroxyl groups is 1. The maximum absolute atomic E-state index is 11.9. The zero-order valence-corrected chi connectivity index (χ0v) is 15.8. The second-order valence-corrected chi connectivity index (χ2v) is 8.89. The first-order valence-corrected chi connectivity index (χ1v) is 9.73. The summed E-state index contributed by atoms with van der Waals surface area (Å²) in [6, 6.07) is 1.39. The number of fused-ring (bicyclic) bond motifs is 1. The van der Waals surface area contributed by atoms with Gasteiger partial charge in [0, 0.05) is 6.07 Å². The van der Waals surface area contributed by atoms with E-state index in [0.717, 1.165) is 18.1 Å². The summed E-state index contributed by atoms with van der Waals surface area (Å²) in [5.74, 6) is 3.64. The fourth-order valence-electron chi connectivity index (χ4n) is 6.90. The van der Waals surface area contributed by atoms with Crippen molar-refractivity contribution in [2.24, 2.45) is 29.1 Å². The van der Waals surface area contributed by atoms with Gasteiger partial charge in [-0.15, -0.1) is 0 Å². The van der Waals surface area contributed by atoms with E-state index in [-0.39, 0.29) is 10.8 Å². The summed E-state index contributed by atoms with van der Waals surface area (Å²) in [4.78, 5) is 11.9. The van der Waals surface area contributed by atoms with Crippen LogP contribution in [0.15, 0.2) is 11.6 Å². The van der Waals surface area contributed by atoms with Crippen LogP contribution in [0.25, 0.3) is 5.76 Å². The lowest BCUT2D eigenvalue weighted by molar-refractivity contribution is -0.0898. The van der Waals surface area contributed by atoms with Crippen molar-refractivity contribution in [3.8, 4) is 11.5 Å². The number of benzene rings is 1. The number of halogens is 1. The number of phenols is 1. The quantitative estimate of drug-likeness (QED) is 0.614. The predicted octanol–water partition coefficient (Wildman–Crippen LogP) is 4.68. The summed E-state index contributed by atoms with van der Waals surface area (Å²) >= 11 is 6.46. The lowest BCUT2D eigenvalue weighted by Gasteiger charge is -2.60. The predicted molar refractivity (Wildman–Crippen MR) is 98.5 cm³/mol. The van der Waals surface area contributed by atoms with E-state index in [1.54, 1.807) is 7.11 Å². The lowest BCUT2D eigenvalue weighted by atomic mass is 9.44. The number of phenolic OH excluding ortho intramolecular Hbond substituents is 1. The summed E-state index contributed by atoms with van der Waals surface area (Å²) in [6.07, 6.45) is 7.06. The number of hydrogen-bond acceptors (Lipinski definition) is 4. The first-order valence-electron chi connectivity index (χ1n) is 9.36. The number of hydrogen-bond donors (Lipinski definition) is 1. The smallest absolute Gasteiger partial charge is 0.154 e. The fourth-order valence-corrected chi connectivity index (χ4v) is 7.15. The molecule has 1 aromatic carbocycles. The van der Waals surface area contributed by atoms with Crippen LogP contribution in [0.5, 0.6) is 11.5 Å². The fraction of sp³-hybridized carbons (Fsp3) is 0.571. The third-order valence-corrected chi connectivity index (χ3v) is 8.00. The molecule has 5 aliphatic carbocycles. The Morgan fingerprint density at radius 2 is 2.00 bits per heavy atom. The molecule has 0 saturated heterocycles. The first kappa shape index (κ1) is 16.5. The van der Waals surface area contributed by atoms with E-state index in [2.05, 4.69) is 0 Å². The van der Waals surface area contributed by atoms with Gasteiger partial charge in [0.05, 0.1) is 30.4 Å². The van der Waals surface area contributed by atoms with E-state index in [9.17, 15) is 9.90 Å². The van der Waals surface area contributed by atoms with Gasteiger partial charge in [0.1, 0.15) is 17.3 Å². The first-order chi connectivity index (χ1) is 12.5. The van der Waals surface area contributed by atoms with E-state index in [1.807, 2.05) is 0 Å². The van der Waals surface area contributed by atoms with Crippen LogP contribution in [0, 0.1) is 29.1 Å². The highest BCUT2D eigenvalue weighted by atomic mass is 35.5. The molecule has 0 radical (unpaired) electrons. The molecular formula is C21H23ClO4. The highest BCUT2D eigenvalue weighted by molar-refractivity contribution is 6.34. The Bertz CT molecular complexity index is 841. The SMILES string of the molecule is CO/C(=C1\C2CC3CC4(C2)CC1CC34)c1c(Cl)c(O)cc(OC)c1C=O. The van der Waals surface area contributed by atoms with E-state index < -0.39 is 0 Å². The van der Waals surface area contributed by atoms with E-state index in [1.165, 1.54) is 50.9 Å². The van der Waals surface area contributed by atoms with Crippen molar-refractivity contribution in [3.05, 3.63) is 27.8 Å². The molecule has 5 heteroatoms. The normalized spacial score (nSPS) is 38.0. The second-order valence-electron chi connectivity index (χ2n) is 8.51. The van der Waals surface area contributed by atoms with Gasteiger partial charge in [-0.05, 0) is 66.8 Å². The zero-order chi connectivity index (χ0) is 18.2. The summed E-state index contributed by atoms with van der Waals surface area (Å²) in [5, 5.41) is 10.4. The number of methoxy groups -OCH3 is 2. The molecular weight excluding hydrogens is 352 g/mol. The summed E-state index contributed by atoms with van der Waals surface area (Å²) in [6.45, 7) is 0. The molecule has 5 atom stereocenters. The lowest BCUT2D eigenvalue weighted by Crippen LogP contribution is -2.51. The van der Waals surface area contributed by atoms with Gasteiger partial charge in [0.25, 0.3) is 0 Å². The average Bonchev–Trinajstić information content (AvgIpc) is 2.83. The van der Waals surface area contributed by atoms with Gasteiger partial charge in [-0.3, -0.25) is 4.79 Å². The Balaban J connectivity index is 1.73. The molecule has 1 N–H and O–H groups in total. The van der Waals surface area contributed by atoms with Gasteiger partial charge in [-0.25, -0.2) is 0 Å². The Morgan fingerprint density at radius 1 is 1.27 bits per heavy atom. The van der Waals surface area contributed by atoms with Gasteiger partial charge in [-0.2, -0.15) is 0 Å². The molecule has 4 bridgehead atoms. The Kier molecular flexibility index (Phi) is 3.43. The molecule has 1 spiro atoms. The maximum atomic E-state index is 11.9. The maximum Gasteiger partial charge on any atom is 0.154 e. The molecule has 6 rings (SSSR count). The van der Waals surface area contributed by atoms with Crippen molar-refractivity contribution in [2.45, 2.75) is 32.1 Å². The van der Waals surface area contributed by atoms with E-state index in [0.29, 0.717) is 39.9 Å². The average molecular weight is 375 g/mol. The van der Waals surface area contributed by atoms with Gasteiger partial charge < -0.3 is 14.6 Å². The molecule has 4 nitrogen and oxygen atoms in total. The van der Waals surface area contributed by atoms with E-state index >= 15 is 0 Å². The standard InChI is InChI=1S/C21H23ClO4/c1-25-16-5-15(24)19(22)18(13(16)9-23)20(26-2)17-11-3-10-6-21(7-11)8-12(17)4-14(10)21/h5,9-12,14,24H,3-4,6-8H2,1-2H3/b20-17+. The number of ether oxygens (including phenoxy) is 2. The molecule has 0 aliphatic heterocycles. The van der Waals surface area contributed by atoms with Gasteiger partial charge in [-0.1, -0.05) is 11.6 Å². The number of rotatable bonds is 4. The zero-order valence-electron chi connectivity index (χ0n) is 15.0. The molecule has 5 unspecified atom stereocenters. The van der Waals surface area contributed by atoms with Crippen LogP contribution in [0.1, 0.15) is 48.0 Å². The monoisotopic (exact) mass is 374 g/mol. The molecule has 138 valence electrons. The van der Waals surface area contributed by atoms with E-state index in [4.69, 9.17) is 21.1 Å². The van der Waals surface area contributed by atoms with Crippen LogP contribution < -0.4 is 4.74 Å². The van der Waals surface area contributed by atoms with Crippen molar-refractivity contribution in [2.75, 3.05) is 14.2 Å². The van der Waals surface area contributed by atoms with Crippen molar-refractivity contribution < 1.29 is 19.4 Å². The number of carbonyl (C=O) groups is 1. The number of carbonyl (C=O) groups excluding carboxylic acids is 1. The van der Waals surface area contributed by atoms with Crippen LogP contribution in [0.4, 0.5) is 0 Å². The van der Waals surface area contributed by atoms with Crippen molar-refractivity contribution in [1.29, 1.82) is 0 Å². The highest BCUT2D eigenvalue weighted by Crippen LogP contribution is 2.76. The van der Waals surface area contributed by atoms with Crippen LogP contribution in [-0.4, -0.2) is 25.6 Å². The van der Waals surface area contributed by atoms with Crippen molar-refractivity contribution in [1.82, 2.24) is 0 Å². The Labute approximate surface area is 158 Å². The Morgan fingerprint density at radius 3 is 2.65 bits per heavy atom. The molecule has 0 aromatic heterocycles. The number of aldehydes is 1. The molecule has 1 aromatic rings. The van der Waals surface area contributed by atoms with Gasteiger partial charge in [0.15, 0.2) is 6.29 Å². The van der Waals surface area contributed by atoms with Crippen LogP contribution in [0.3, 0.4) is 0 Å².